The van der Waals surface area contributed by atoms with Gasteiger partial charge in [-0.05, 0) is 37.2 Å². The van der Waals surface area contributed by atoms with Crippen LogP contribution < -0.4 is 10.1 Å². The van der Waals surface area contributed by atoms with Gasteiger partial charge in [0.25, 0.3) is 0 Å². The van der Waals surface area contributed by atoms with Crippen LogP contribution in [0.1, 0.15) is 29.9 Å². The lowest BCUT2D eigenvalue weighted by molar-refractivity contribution is 0.400. The minimum absolute atomic E-state index is 0.00477. The van der Waals surface area contributed by atoms with Crippen molar-refractivity contribution in [3.8, 4) is 5.75 Å². The van der Waals surface area contributed by atoms with Crippen molar-refractivity contribution < 1.29 is 4.74 Å². The van der Waals surface area contributed by atoms with Crippen LogP contribution in [-0.2, 0) is 0 Å². The van der Waals surface area contributed by atoms with E-state index in [0.29, 0.717) is 0 Å². The fourth-order valence-electron chi connectivity index (χ4n) is 2.15. The van der Waals surface area contributed by atoms with E-state index in [0.717, 1.165) is 29.2 Å². The summed E-state index contributed by atoms with van der Waals surface area (Å²) in [6.45, 7) is 4.93. The summed E-state index contributed by atoms with van der Waals surface area (Å²) < 4.78 is 5.41. The molecule has 0 aliphatic rings. The zero-order chi connectivity index (χ0) is 13.7. The van der Waals surface area contributed by atoms with E-state index in [4.69, 9.17) is 4.74 Å². The molecule has 1 atom stereocenters. The SMILES string of the molecule is CCNC(c1cccnc1C)c1ncccc1OC. The normalized spacial score (nSPS) is 12.2. The van der Waals surface area contributed by atoms with Crippen molar-refractivity contribution in [2.24, 2.45) is 0 Å². The fourth-order valence-corrected chi connectivity index (χ4v) is 2.15. The van der Waals surface area contributed by atoms with Gasteiger partial charge in [0, 0.05) is 18.1 Å². The van der Waals surface area contributed by atoms with Gasteiger partial charge in [-0.2, -0.15) is 0 Å². The average Bonchev–Trinajstić information content (AvgIpc) is 2.46. The number of pyridine rings is 2. The molecule has 1 N–H and O–H groups in total. The average molecular weight is 257 g/mol. The molecule has 0 spiro atoms. The third-order valence-corrected chi connectivity index (χ3v) is 3.06. The molecule has 0 saturated heterocycles. The van der Waals surface area contributed by atoms with Gasteiger partial charge in [-0.15, -0.1) is 0 Å². The Morgan fingerprint density at radius 1 is 1.21 bits per heavy atom. The largest absolute Gasteiger partial charge is 0.495 e. The summed E-state index contributed by atoms with van der Waals surface area (Å²) in [6, 6.07) is 7.82. The molecule has 2 rings (SSSR count). The highest BCUT2D eigenvalue weighted by molar-refractivity contribution is 5.38. The maximum atomic E-state index is 5.41. The van der Waals surface area contributed by atoms with Crippen LogP contribution in [0.5, 0.6) is 5.75 Å². The summed E-state index contributed by atoms with van der Waals surface area (Å²) in [6.07, 6.45) is 3.59. The number of aromatic nitrogens is 2. The molecule has 2 heterocycles. The van der Waals surface area contributed by atoms with Gasteiger partial charge in [0.2, 0.25) is 0 Å². The van der Waals surface area contributed by atoms with Crippen LogP contribution in [0.25, 0.3) is 0 Å². The lowest BCUT2D eigenvalue weighted by atomic mass is 10.0. The van der Waals surface area contributed by atoms with Gasteiger partial charge >= 0.3 is 0 Å². The van der Waals surface area contributed by atoms with Gasteiger partial charge < -0.3 is 10.1 Å². The first-order chi connectivity index (χ1) is 9.27. The molecule has 0 bridgehead atoms. The smallest absolute Gasteiger partial charge is 0.142 e. The highest BCUT2D eigenvalue weighted by Gasteiger charge is 2.20. The topological polar surface area (TPSA) is 47.0 Å². The Hall–Kier alpha value is -1.94. The molecule has 4 nitrogen and oxygen atoms in total. The standard InChI is InChI=1S/C15H19N3O/c1-4-16-14(12-7-5-9-17-11(12)2)15-13(19-3)8-6-10-18-15/h5-10,14,16H,4H2,1-3H3. The van der Waals surface area contributed by atoms with E-state index < -0.39 is 0 Å². The Morgan fingerprint density at radius 2 is 1.95 bits per heavy atom. The van der Waals surface area contributed by atoms with Crippen LogP contribution in [0.15, 0.2) is 36.7 Å². The highest BCUT2D eigenvalue weighted by atomic mass is 16.5. The van der Waals surface area contributed by atoms with Crippen molar-refractivity contribution in [3.05, 3.63) is 53.6 Å². The van der Waals surface area contributed by atoms with Crippen LogP contribution in [0.2, 0.25) is 0 Å². The Labute approximate surface area is 113 Å². The number of methoxy groups -OCH3 is 1. The molecular weight excluding hydrogens is 238 g/mol. The van der Waals surface area contributed by atoms with Crippen molar-refractivity contribution in [1.82, 2.24) is 15.3 Å². The minimum Gasteiger partial charge on any atom is -0.495 e. The molecular formula is C15H19N3O. The van der Waals surface area contributed by atoms with Gasteiger partial charge in [-0.1, -0.05) is 13.0 Å². The summed E-state index contributed by atoms with van der Waals surface area (Å²) in [7, 11) is 1.67. The fraction of sp³-hybridized carbons (Fsp3) is 0.333. The monoisotopic (exact) mass is 257 g/mol. The molecule has 100 valence electrons. The van der Waals surface area contributed by atoms with Crippen LogP contribution in [0.4, 0.5) is 0 Å². The van der Waals surface area contributed by atoms with Gasteiger partial charge in [0.05, 0.1) is 13.2 Å². The molecule has 0 saturated carbocycles. The predicted molar refractivity (Wildman–Crippen MR) is 75.3 cm³/mol. The van der Waals surface area contributed by atoms with Crippen LogP contribution in [0.3, 0.4) is 0 Å². The lowest BCUT2D eigenvalue weighted by Crippen LogP contribution is -2.24. The summed E-state index contributed by atoms with van der Waals surface area (Å²) in [5.41, 5.74) is 3.02. The molecule has 0 aliphatic carbocycles. The lowest BCUT2D eigenvalue weighted by Gasteiger charge is -2.21. The summed E-state index contributed by atoms with van der Waals surface area (Å²) in [5, 5.41) is 3.45. The number of ether oxygens (including phenoxy) is 1. The van der Waals surface area contributed by atoms with E-state index in [1.165, 1.54) is 0 Å². The van der Waals surface area contributed by atoms with E-state index in [-0.39, 0.29) is 6.04 Å². The Bertz CT molecular complexity index is 542. The number of hydrogen-bond acceptors (Lipinski definition) is 4. The van der Waals surface area contributed by atoms with Crippen molar-refractivity contribution in [3.63, 3.8) is 0 Å². The number of aryl methyl sites for hydroxylation is 1. The van der Waals surface area contributed by atoms with Crippen molar-refractivity contribution in [1.29, 1.82) is 0 Å². The van der Waals surface area contributed by atoms with Crippen LogP contribution in [-0.4, -0.2) is 23.6 Å². The molecule has 0 aliphatic heterocycles. The quantitative estimate of drug-likeness (QED) is 0.894. The third kappa shape index (κ3) is 2.90. The third-order valence-electron chi connectivity index (χ3n) is 3.06. The molecule has 19 heavy (non-hydrogen) atoms. The number of rotatable bonds is 5. The van der Waals surface area contributed by atoms with Crippen LogP contribution >= 0.6 is 0 Å². The van der Waals surface area contributed by atoms with Gasteiger partial charge in [0.1, 0.15) is 11.4 Å². The zero-order valence-electron chi connectivity index (χ0n) is 11.6. The second kappa shape index (κ2) is 6.29. The zero-order valence-corrected chi connectivity index (χ0v) is 11.6. The molecule has 2 aromatic rings. The summed E-state index contributed by atoms with van der Waals surface area (Å²) >= 11 is 0. The molecule has 4 heteroatoms. The van der Waals surface area contributed by atoms with Crippen molar-refractivity contribution in [2.75, 3.05) is 13.7 Å². The molecule has 1 unspecified atom stereocenters. The first-order valence-corrected chi connectivity index (χ1v) is 6.41. The van der Waals surface area contributed by atoms with E-state index >= 15 is 0 Å². The molecule has 0 radical (unpaired) electrons. The predicted octanol–water partition coefficient (Wildman–Crippen LogP) is 2.49. The van der Waals surface area contributed by atoms with Gasteiger partial charge in [-0.25, -0.2) is 0 Å². The number of nitrogens with one attached hydrogen (secondary N) is 1. The van der Waals surface area contributed by atoms with E-state index in [1.54, 1.807) is 19.5 Å². The van der Waals surface area contributed by atoms with E-state index in [9.17, 15) is 0 Å². The first-order valence-electron chi connectivity index (χ1n) is 6.41. The maximum Gasteiger partial charge on any atom is 0.142 e. The molecule has 0 fully saturated rings. The number of hydrogen-bond donors (Lipinski definition) is 1. The summed E-state index contributed by atoms with van der Waals surface area (Å²) in [4.78, 5) is 8.83. The molecule has 0 aromatic carbocycles. The number of nitrogens with zero attached hydrogens (tertiary/aromatic N) is 2. The Balaban J connectivity index is 2.49. The second-order valence-electron chi connectivity index (χ2n) is 4.26. The van der Waals surface area contributed by atoms with Crippen LogP contribution in [0, 0.1) is 6.92 Å². The molecule has 0 amide bonds. The van der Waals surface area contributed by atoms with Crippen molar-refractivity contribution >= 4 is 0 Å². The first kappa shape index (κ1) is 13.5. The molecule has 2 aromatic heterocycles. The van der Waals surface area contributed by atoms with E-state index in [2.05, 4.69) is 28.3 Å². The van der Waals surface area contributed by atoms with E-state index in [1.807, 2.05) is 25.1 Å². The second-order valence-corrected chi connectivity index (χ2v) is 4.26. The van der Waals surface area contributed by atoms with Gasteiger partial charge in [0.15, 0.2) is 0 Å². The van der Waals surface area contributed by atoms with Gasteiger partial charge in [-0.3, -0.25) is 9.97 Å². The minimum atomic E-state index is -0.00477. The van der Waals surface area contributed by atoms with Crippen molar-refractivity contribution in [2.45, 2.75) is 19.9 Å². The maximum absolute atomic E-state index is 5.41. The highest BCUT2D eigenvalue weighted by Crippen LogP contribution is 2.28. The summed E-state index contributed by atoms with van der Waals surface area (Å²) in [5.74, 6) is 0.789. The Kier molecular flexibility index (Phi) is 4.47. The Morgan fingerprint density at radius 3 is 2.63 bits per heavy atom.